The highest BCUT2D eigenvalue weighted by atomic mass is 32.2. The number of oxazole rings is 1. The van der Waals surface area contributed by atoms with Crippen LogP contribution in [0.2, 0.25) is 0 Å². The molecular formula is C25H27N5O3S. The molecule has 1 atom stereocenters. The molecule has 0 radical (unpaired) electrons. The number of hydrogen-bond donors (Lipinski definition) is 1. The number of benzene rings is 2. The van der Waals surface area contributed by atoms with Gasteiger partial charge in [-0.15, -0.1) is 10.2 Å². The largest absolute Gasteiger partial charge is 0.497 e. The highest BCUT2D eigenvalue weighted by Gasteiger charge is 2.19. The van der Waals surface area contributed by atoms with Crippen LogP contribution >= 0.6 is 11.8 Å². The third kappa shape index (κ3) is 5.31. The molecule has 0 aliphatic heterocycles. The summed E-state index contributed by atoms with van der Waals surface area (Å²) in [6, 6.07) is 17.7. The summed E-state index contributed by atoms with van der Waals surface area (Å²) in [5, 5.41) is 12.5. The van der Waals surface area contributed by atoms with Crippen molar-refractivity contribution in [2.24, 2.45) is 5.92 Å². The molecule has 0 fully saturated rings. The van der Waals surface area contributed by atoms with E-state index in [2.05, 4.69) is 34.3 Å². The zero-order chi connectivity index (χ0) is 24.1. The Labute approximate surface area is 202 Å². The minimum atomic E-state index is -0.242. The summed E-state index contributed by atoms with van der Waals surface area (Å²) in [6.45, 7) is 6.08. The van der Waals surface area contributed by atoms with Gasteiger partial charge in [0, 0.05) is 17.3 Å². The van der Waals surface area contributed by atoms with E-state index >= 15 is 0 Å². The van der Waals surface area contributed by atoms with Crippen LogP contribution in [-0.2, 0) is 5.75 Å². The van der Waals surface area contributed by atoms with Gasteiger partial charge in [0.2, 0.25) is 5.89 Å². The fourth-order valence-electron chi connectivity index (χ4n) is 3.18. The molecule has 1 unspecified atom stereocenters. The molecule has 8 nitrogen and oxygen atoms in total. The summed E-state index contributed by atoms with van der Waals surface area (Å²) < 4.78 is 12.9. The Morgan fingerprint density at radius 1 is 1.12 bits per heavy atom. The van der Waals surface area contributed by atoms with Crippen molar-refractivity contribution in [2.45, 2.75) is 37.7 Å². The highest BCUT2D eigenvalue weighted by molar-refractivity contribution is 7.98. The summed E-state index contributed by atoms with van der Waals surface area (Å²) >= 11 is 1.43. The second kappa shape index (κ2) is 10.6. The Morgan fingerprint density at radius 3 is 2.65 bits per heavy atom. The van der Waals surface area contributed by atoms with Gasteiger partial charge < -0.3 is 14.5 Å². The van der Waals surface area contributed by atoms with Crippen molar-refractivity contribution in [3.63, 3.8) is 0 Å². The molecule has 176 valence electrons. The van der Waals surface area contributed by atoms with Gasteiger partial charge in [-0.2, -0.15) is 0 Å². The van der Waals surface area contributed by atoms with E-state index in [1.807, 2.05) is 66.1 Å². The van der Waals surface area contributed by atoms with Gasteiger partial charge in [-0.25, -0.2) is 4.98 Å². The number of nitrogens with one attached hydrogen (secondary N) is 1. The predicted octanol–water partition coefficient (Wildman–Crippen LogP) is 5.00. The number of amides is 1. The summed E-state index contributed by atoms with van der Waals surface area (Å²) in [5.74, 6) is 2.37. The minimum Gasteiger partial charge on any atom is -0.497 e. The molecule has 0 saturated heterocycles. The van der Waals surface area contributed by atoms with Gasteiger partial charge in [-0.05, 0) is 37.1 Å². The van der Waals surface area contributed by atoms with Crippen LogP contribution in [0.3, 0.4) is 0 Å². The fraction of sp³-hybridized carbons (Fsp3) is 0.280. The van der Waals surface area contributed by atoms with Crippen molar-refractivity contribution in [1.29, 1.82) is 0 Å². The minimum absolute atomic E-state index is 0.0430. The number of thioether (sulfide) groups is 1. The lowest BCUT2D eigenvalue weighted by Crippen LogP contribution is -2.36. The summed E-state index contributed by atoms with van der Waals surface area (Å²) in [4.78, 5) is 16.8. The summed E-state index contributed by atoms with van der Waals surface area (Å²) in [6.07, 6.45) is 1.39. The quantitative estimate of drug-likeness (QED) is 0.339. The molecule has 0 aliphatic carbocycles. The van der Waals surface area contributed by atoms with Crippen molar-refractivity contribution in [3.05, 3.63) is 72.4 Å². The molecule has 0 saturated carbocycles. The number of carbonyl (C=O) groups is 1. The smallest absolute Gasteiger partial charge is 0.273 e. The molecule has 0 spiro atoms. The molecule has 4 aromatic rings. The Bertz CT molecular complexity index is 1250. The van der Waals surface area contributed by atoms with E-state index in [4.69, 9.17) is 9.15 Å². The Morgan fingerprint density at radius 2 is 1.91 bits per heavy atom. The van der Waals surface area contributed by atoms with E-state index in [-0.39, 0.29) is 17.6 Å². The van der Waals surface area contributed by atoms with Crippen LogP contribution in [0.5, 0.6) is 5.75 Å². The lowest BCUT2D eigenvalue weighted by atomic mass is 10.1. The fourth-order valence-corrected chi connectivity index (χ4v) is 3.98. The number of methoxy groups -OCH3 is 1. The normalized spacial score (nSPS) is 12.0. The molecular weight excluding hydrogens is 450 g/mol. The molecule has 1 amide bonds. The molecule has 2 heterocycles. The molecule has 2 aromatic carbocycles. The van der Waals surface area contributed by atoms with E-state index in [0.29, 0.717) is 28.5 Å². The molecule has 34 heavy (non-hydrogen) atoms. The van der Waals surface area contributed by atoms with E-state index in [0.717, 1.165) is 17.0 Å². The first-order valence-electron chi connectivity index (χ1n) is 11.0. The average Bonchev–Trinajstić information content (AvgIpc) is 3.50. The monoisotopic (exact) mass is 477 g/mol. The van der Waals surface area contributed by atoms with Gasteiger partial charge >= 0.3 is 0 Å². The van der Waals surface area contributed by atoms with Crippen molar-refractivity contribution < 1.29 is 13.9 Å². The van der Waals surface area contributed by atoms with Crippen LogP contribution in [-0.4, -0.2) is 38.8 Å². The molecule has 0 bridgehead atoms. The second-order valence-electron chi connectivity index (χ2n) is 8.13. The summed E-state index contributed by atoms with van der Waals surface area (Å²) in [7, 11) is 1.64. The zero-order valence-corrected chi connectivity index (χ0v) is 20.4. The van der Waals surface area contributed by atoms with Crippen molar-refractivity contribution >= 4 is 17.7 Å². The number of para-hydroxylation sites is 1. The first kappa shape index (κ1) is 23.6. The number of carbonyl (C=O) groups excluding carboxylic acids is 1. The molecule has 0 aliphatic rings. The van der Waals surface area contributed by atoms with Crippen molar-refractivity contribution in [3.8, 4) is 22.8 Å². The maximum atomic E-state index is 12.4. The Balaban J connectivity index is 1.57. The third-order valence-electron chi connectivity index (χ3n) is 5.44. The number of nitrogens with zero attached hydrogens (tertiary/aromatic N) is 4. The maximum absolute atomic E-state index is 12.4. The van der Waals surface area contributed by atoms with Crippen LogP contribution in [0.4, 0.5) is 0 Å². The van der Waals surface area contributed by atoms with Crippen LogP contribution in [0.25, 0.3) is 17.1 Å². The van der Waals surface area contributed by atoms with E-state index in [9.17, 15) is 4.79 Å². The van der Waals surface area contributed by atoms with Crippen molar-refractivity contribution in [2.75, 3.05) is 7.11 Å². The predicted molar refractivity (Wildman–Crippen MR) is 131 cm³/mol. The standard InChI is InChI=1S/C25H27N5O3S/c1-16(2)17(3)26-24(31)21-14-33-22(27-21)15-34-25-29-28-23(18-9-8-12-20(13-18)32-4)30(25)19-10-6-5-7-11-19/h5-14,16-17H,15H2,1-4H3,(H,26,31). The lowest BCUT2D eigenvalue weighted by Gasteiger charge is -2.16. The Hall–Kier alpha value is -3.59. The van der Waals surface area contributed by atoms with E-state index in [1.54, 1.807) is 7.11 Å². The van der Waals surface area contributed by atoms with Crippen LogP contribution in [0, 0.1) is 5.92 Å². The highest BCUT2D eigenvalue weighted by Crippen LogP contribution is 2.31. The zero-order valence-electron chi connectivity index (χ0n) is 19.6. The molecule has 2 aromatic heterocycles. The van der Waals surface area contributed by atoms with Crippen molar-refractivity contribution in [1.82, 2.24) is 25.1 Å². The SMILES string of the molecule is COc1cccc(-c2nnc(SCc3nc(C(=O)NC(C)C(C)C)co3)n2-c2ccccc2)c1. The number of rotatable bonds is 9. The first-order chi connectivity index (χ1) is 16.5. The van der Waals surface area contributed by atoms with Gasteiger partial charge in [0.1, 0.15) is 12.0 Å². The third-order valence-corrected chi connectivity index (χ3v) is 6.36. The number of ether oxygens (including phenoxy) is 1. The average molecular weight is 478 g/mol. The molecule has 9 heteroatoms. The lowest BCUT2D eigenvalue weighted by molar-refractivity contribution is 0.0925. The second-order valence-corrected chi connectivity index (χ2v) is 9.07. The van der Waals surface area contributed by atoms with Crippen LogP contribution < -0.4 is 10.1 Å². The van der Waals surface area contributed by atoms with Gasteiger partial charge in [-0.3, -0.25) is 9.36 Å². The topological polar surface area (TPSA) is 95.1 Å². The molecule has 4 rings (SSSR count). The van der Waals surface area contributed by atoms with Gasteiger partial charge in [-0.1, -0.05) is 55.9 Å². The summed E-state index contributed by atoms with van der Waals surface area (Å²) in [5.41, 5.74) is 2.09. The van der Waals surface area contributed by atoms with Gasteiger partial charge in [0.05, 0.1) is 12.9 Å². The molecule has 1 N–H and O–H groups in total. The van der Waals surface area contributed by atoms with Gasteiger partial charge in [0.25, 0.3) is 5.91 Å². The van der Waals surface area contributed by atoms with Gasteiger partial charge in [0.15, 0.2) is 16.7 Å². The number of hydrogen-bond acceptors (Lipinski definition) is 7. The van der Waals surface area contributed by atoms with Crippen LogP contribution in [0.1, 0.15) is 37.2 Å². The van der Waals surface area contributed by atoms with E-state index in [1.165, 1.54) is 18.0 Å². The number of aromatic nitrogens is 4. The van der Waals surface area contributed by atoms with Crippen LogP contribution in [0.15, 0.2) is 70.4 Å². The van der Waals surface area contributed by atoms with E-state index < -0.39 is 0 Å². The maximum Gasteiger partial charge on any atom is 0.273 e. The first-order valence-corrected chi connectivity index (χ1v) is 12.0. The Kier molecular flexibility index (Phi) is 7.32.